The average molecular weight is 308 g/mol. The number of halogens is 1. The van der Waals surface area contributed by atoms with Crippen molar-refractivity contribution < 1.29 is 0 Å². The van der Waals surface area contributed by atoms with Crippen molar-refractivity contribution in [1.82, 2.24) is 0 Å². The van der Waals surface area contributed by atoms with Gasteiger partial charge < -0.3 is 0 Å². The van der Waals surface area contributed by atoms with Crippen molar-refractivity contribution in [2.75, 3.05) is 0 Å². The van der Waals surface area contributed by atoms with Crippen molar-refractivity contribution in [3.05, 3.63) is 57.2 Å². The second kappa shape index (κ2) is 4.35. The summed E-state index contributed by atoms with van der Waals surface area (Å²) in [7, 11) is 0. The molecule has 0 spiro atoms. The monoisotopic (exact) mass is 308 g/mol. The fourth-order valence-electron chi connectivity index (χ4n) is 1.78. The van der Waals surface area contributed by atoms with Crippen molar-refractivity contribution in [3.63, 3.8) is 0 Å². The van der Waals surface area contributed by atoms with E-state index in [-0.39, 0.29) is 0 Å². The summed E-state index contributed by atoms with van der Waals surface area (Å²) in [4.78, 5) is 0. The molecule has 2 aromatic rings. The van der Waals surface area contributed by atoms with E-state index in [0.29, 0.717) is 0 Å². The lowest BCUT2D eigenvalue weighted by atomic mass is 10.0. The SMILES string of the molecule is Cc1cc(C)cc(-c2ccc(I)cc2)c1. The first-order chi connectivity index (χ1) is 7.15. The molecule has 0 saturated heterocycles. The van der Waals surface area contributed by atoms with Crippen LogP contribution in [0.3, 0.4) is 0 Å². The Morgan fingerprint density at radius 2 is 1.27 bits per heavy atom. The zero-order valence-corrected chi connectivity index (χ0v) is 11.1. The Balaban J connectivity index is 2.49. The Hall–Kier alpha value is -0.830. The van der Waals surface area contributed by atoms with E-state index in [4.69, 9.17) is 0 Å². The highest BCUT2D eigenvalue weighted by molar-refractivity contribution is 14.1. The van der Waals surface area contributed by atoms with Crippen molar-refractivity contribution in [2.45, 2.75) is 13.8 Å². The van der Waals surface area contributed by atoms with Crippen molar-refractivity contribution >= 4 is 22.6 Å². The number of hydrogen-bond acceptors (Lipinski definition) is 0. The van der Waals surface area contributed by atoms with Gasteiger partial charge >= 0.3 is 0 Å². The second-order valence-corrected chi connectivity index (χ2v) is 5.13. The first kappa shape index (κ1) is 10.7. The smallest absolute Gasteiger partial charge is 0.0130 e. The van der Waals surface area contributed by atoms with Crippen LogP contribution in [-0.4, -0.2) is 0 Å². The quantitative estimate of drug-likeness (QED) is 0.677. The van der Waals surface area contributed by atoms with Gasteiger partial charge in [0.15, 0.2) is 0 Å². The zero-order chi connectivity index (χ0) is 10.8. The summed E-state index contributed by atoms with van der Waals surface area (Å²) in [5.41, 5.74) is 5.25. The van der Waals surface area contributed by atoms with Crippen LogP contribution in [0.15, 0.2) is 42.5 Å². The summed E-state index contributed by atoms with van der Waals surface area (Å²) < 4.78 is 1.28. The molecule has 1 heteroatoms. The largest absolute Gasteiger partial charge is 0.0563 e. The maximum absolute atomic E-state index is 2.33. The topological polar surface area (TPSA) is 0 Å². The van der Waals surface area contributed by atoms with Crippen molar-refractivity contribution in [1.29, 1.82) is 0 Å². The molecule has 0 fully saturated rings. The highest BCUT2D eigenvalue weighted by Crippen LogP contribution is 2.22. The first-order valence-corrected chi connectivity index (χ1v) is 6.07. The molecule has 2 rings (SSSR count). The standard InChI is InChI=1S/C14H13I/c1-10-7-11(2)9-13(8-10)12-3-5-14(15)6-4-12/h3-9H,1-2H3. The number of benzene rings is 2. The lowest BCUT2D eigenvalue weighted by Crippen LogP contribution is -1.82. The van der Waals surface area contributed by atoms with Gasteiger partial charge in [-0.05, 0) is 59.7 Å². The van der Waals surface area contributed by atoms with Gasteiger partial charge in [-0.15, -0.1) is 0 Å². The minimum atomic E-state index is 1.28. The summed E-state index contributed by atoms with van der Waals surface area (Å²) in [6, 6.07) is 15.3. The van der Waals surface area contributed by atoms with Gasteiger partial charge in [-0.2, -0.15) is 0 Å². The van der Waals surface area contributed by atoms with Gasteiger partial charge in [0.1, 0.15) is 0 Å². The summed E-state index contributed by atoms with van der Waals surface area (Å²) in [6.07, 6.45) is 0. The number of hydrogen-bond donors (Lipinski definition) is 0. The van der Waals surface area contributed by atoms with E-state index in [9.17, 15) is 0 Å². The maximum Gasteiger partial charge on any atom is 0.0130 e. The van der Waals surface area contributed by atoms with Crippen LogP contribution < -0.4 is 0 Å². The van der Waals surface area contributed by atoms with Crippen LogP contribution in [-0.2, 0) is 0 Å². The third kappa shape index (κ3) is 2.59. The first-order valence-electron chi connectivity index (χ1n) is 4.99. The maximum atomic E-state index is 2.33. The molecule has 0 nitrogen and oxygen atoms in total. The van der Waals surface area contributed by atoms with Gasteiger partial charge in [-0.25, -0.2) is 0 Å². The minimum absolute atomic E-state index is 1.28. The lowest BCUT2D eigenvalue weighted by molar-refractivity contribution is 1.38. The van der Waals surface area contributed by atoms with E-state index in [0.717, 1.165) is 0 Å². The molecule has 0 aliphatic heterocycles. The molecule has 0 aromatic heterocycles. The predicted octanol–water partition coefficient (Wildman–Crippen LogP) is 4.58. The van der Waals surface area contributed by atoms with E-state index in [1.54, 1.807) is 0 Å². The normalized spacial score (nSPS) is 10.3. The van der Waals surface area contributed by atoms with Gasteiger partial charge in [0, 0.05) is 3.57 Å². The van der Waals surface area contributed by atoms with Gasteiger partial charge in [-0.3, -0.25) is 0 Å². The van der Waals surface area contributed by atoms with E-state index in [1.807, 2.05) is 0 Å². The zero-order valence-electron chi connectivity index (χ0n) is 8.92. The fourth-order valence-corrected chi connectivity index (χ4v) is 2.14. The number of aryl methyl sites for hydroxylation is 2. The van der Waals surface area contributed by atoms with Crippen LogP contribution in [0.1, 0.15) is 11.1 Å². The molecule has 0 heterocycles. The third-order valence-electron chi connectivity index (χ3n) is 2.40. The molecule has 0 radical (unpaired) electrons. The van der Waals surface area contributed by atoms with E-state index >= 15 is 0 Å². The predicted molar refractivity (Wildman–Crippen MR) is 74.1 cm³/mol. The molecule has 0 aliphatic rings. The van der Waals surface area contributed by atoms with Gasteiger partial charge in [0.05, 0.1) is 0 Å². The Bertz CT molecular complexity index is 449. The van der Waals surface area contributed by atoms with Crippen LogP contribution >= 0.6 is 22.6 Å². The summed E-state index contributed by atoms with van der Waals surface area (Å²) in [6.45, 7) is 4.28. The molecule has 0 amide bonds. The minimum Gasteiger partial charge on any atom is -0.0563 e. The molecule has 0 atom stereocenters. The molecule has 0 aliphatic carbocycles. The molecular formula is C14H13I. The Kier molecular flexibility index (Phi) is 3.10. The fraction of sp³-hybridized carbons (Fsp3) is 0.143. The van der Waals surface area contributed by atoms with E-state index in [2.05, 4.69) is 78.9 Å². The van der Waals surface area contributed by atoms with E-state index < -0.39 is 0 Å². The molecule has 0 unspecified atom stereocenters. The van der Waals surface area contributed by atoms with Crippen LogP contribution in [0, 0.1) is 17.4 Å². The molecule has 2 aromatic carbocycles. The Labute approximate surface area is 104 Å². The highest BCUT2D eigenvalue weighted by Gasteiger charge is 1.99. The van der Waals surface area contributed by atoms with Gasteiger partial charge in [0.25, 0.3) is 0 Å². The summed E-state index contributed by atoms with van der Waals surface area (Å²) in [5, 5.41) is 0. The van der Waals surface area contributed by atoms with Crippen LogP contribution in [0.2, 0.25) is 0 Å². The molecule has 0 bridgehead atoms. The van der Waals surface area contributed by atoms with E-state index in [1.165, 1.54) is 25.8 Å². The van der Waals surface area contributed by atoms with Crippen LogP contribution in [0.5, 0.6) is 0 Å². The van der Waals surface area contributed by atoms with Crippen molar-refractivity contribution in [3.8, 4) is 11.1 Å². The lowest BCUT2D eigenvalue weighted by Gasteiger charge is -2.05. The second-order valence-electron chi connectivity index (χ2n) is 3.88. The van der Waals surface area contributed by atoms with Crippen LogP contribution in [0.4, 0.5) is 0 Å². The van der Waals surface area contributed by atoms with Crippen molar-refractivity contribution in [2.24, 2.45) is 0 Å². The molecule has 0 N–H and O–H groups in total. The van der Waals surface area contributed by atoms with Crippen LogP contribution in [0.25, 0.3) is 11.1 Å². The summed E-state index contributed by atoms with van der Waals surface area (Å²) >= 11 is 2.33. The molecule has 15 heavy (non-hydrogen) atoms. The highest BCUT2D eigenvalue weighted by atomic mass is 127. The Morgan fingerprint density at radius 3 is 1.80 bits per heavy atom. The van der Waals surface area contributed by atoms with Gasteiger partial charge in [-0.1, -0.05) is 41.5 Å². The molecular weight excluding hydrogens is 295 g/mol. The summed E-state index contributed by atoms with van der Waals surface area (Å²) in [5.74, 6) is 0. The third-order valence-corrected chi connectivity index (χ3v) is 3.12. The Morgan fingerprint density at radius 1 is 0.733 bits per heavy atom. The average Bonchev–Trinajstić information content (AvgIpc) is 2.17. The molecule has 0 saturated carbocycles. The number of rotatable bonds is 1. The molecule has 76 valence electrons. The van der Waals surface area contributed by atoms with Gasteiger partial charge in [0.2, 0.25) is 0 Å².